The highest BCUT2D eigenvalue weighted by Crippen LogP contribution is 2.36. The van der Waals surface area contributed by atoms with E-state index >= 15 is 0 Å². The lowest BCUT2D eigenvalue weighted by molar-refractivity contribution is -0.125. The minimum absolute atomic E-state index is 0.0344. The van der Waals surface area contributed by atoms with Gasteiger partial charge in [-0.05, 0) is 25.0 Å². The van der Waals surface area contributed by atoms with E-state index in [2.05, 4.69) is 10.6 Å². The number of nitrogens with one attached hydrogen (secondary N) is 2. The summed E-state index contributed by atoms with van der Waals surface area (Å²) in [5.41, 5.74) is -0.253. The fraction of sp³-hybridized carbons (Fsp3) is 0.462. The van der Waals surface area contributed by atoms with Gasteiger partial charge in [0.2, 0.25) is 5.91 Å². The smallest absolute Gasteiger partial charge is 0.232 e. The normalized spacial score (nSPS) is 17.4. The summed E-state index contributed by atoms with van der Waals surface area (Å²) in [6.45, 7) is 4.13. The number of hydrogen-bond acceptors (Lipinski definition) is 2. The van der Waals surface area contributed by atoms with Gasteiger partial charge < -0.3 is 10.6 Å². The molecule has 5 heteroatoms. The van der Waals surface area contributed by atoms with Crippen LogP contribution in [0.5, 0.6) is 0 Å². The van der Waals surface area contributed by atoms with Crippen LogP contribution in [0.15, 0.2) is 12.1 Å². The van der Waals surface area contributed by atoms with Gasteiger partial charge in [-0.25, -0.2) is 8.78 Å². The predicted molar refractivity (Wildman–Crippen MR) is 66.5 cm³/mol. The van der Waals surface area contributed by atoms with Gasteiger partial charge in [-0.15, -0.1) is 0 Å². The molecule has 1 heterocycles. The monoisotopic (exact) mass is 254 g/mol. The molecule has 0 atom stereocenters. The molecule has 98 valence electrons. The van der Waals surface area contributed by atoms with Crippen molar-refractivity contribution in [2.75, 3.05) is 17.2 Å². The first-order valence-corrected chi connectivity index (χ1v) is 6.07. The topological polar surface area (TPSA) is 41.1 Å². The van der Waals surface area contributed by atoms with Gasteiger partial charge in [0.25, 0.3) is 0 Å². The lowest BCUT2D eigenvalue weighted by Crippen LogP contribution is -2.39. The molecule has 0 radical (unpaired) electrons. The second kappa shape index (κ2) is 4.55. The average molecular weight is 254 g/mol. The fourth-order valence-electron chi connectivity index (χ4n) is 2.24. The van der Waals surface area contributed by atoms with Crippen molar-refractivity contribution in [3.8, 4) is 0 Å². The third-order valence-corrected chi connectivity index (χ3v) is 3.78. The van der Waals surface area contributed by atoms with Crippen LogP contribution in [0.25, 0.3) is 0 Å². The van der Waals surface area contributed by atoms with E-state index in [0.29, 0.717) is 25.1 Å². The number of amides is 1. The Hall–Kier alpha value is -1.65. The van der Waals surface area contributed by atoms with Crippen molar-refractivity contribution in [3.05, 3.63) is 23.8 Å². The molecule has 0 fully saturated rings. The van der Waals surface area contributed by atoms with E-state index in [9.17, 15) is 13.6 Å². The van der Waals surface area contributed by atoms with Crippen LogP contribution >= 0.6 is 0 Å². The largest absolute Gasteiger partial charge is 0.380 e. The quantitative estimate of drug-likeness (QED) is 0.851. The van der Waals surface area contributed by atoms with Crippen LogP contribution in [0.4, 0.5) is 20.2 Å². The number of carbonyl (C=O) groups is 1. The fourth-order valence-corrected chi connectivity index (χ4v) is 2.24. The molecule has 18 heavy (non-hydrogen) atoms. The third-order valence-electron chi connectivity index (χ3n) is 3.78. The Balaban J connectivity index is 2.45. The molecule has 0 aromatic heterocycles. The molecule has 3 nitrogen and oxygen atoms in total. The molecule has 0 saturated heterocycles. The second-order valence-electron chi connectivity index (χ2n) is 4.58. The molecule has 2 N–H and O–H groups in total. The van der Waals surface area contributed by atoms with E-state index in [1.807, 2.05) is 13.8 Å². The lowest BCUT2D eigenvalue weighted by Gasteiger charge is -2.27. The molecule has 1 aromatic rings. The summed E-state index contributed by atoms with van der Waals surface area (Å²) >= 11 is 0. The van der Waals surface area contributed by atoms with E-state index < -0.39 is 17.0 Å². The Kier molecular flexibility index (Phi) is 3.24. The van der Waals surface area contributed by atoms with Crippen LogP contribution in [0.2, 0.25) is 0 Å². The molecule has 1 aliphatic heterocycles. The maximum Gasteiger partial charge on any atom is 0.232 e. The lowest BCUT2D eigenvalue weighted by atomic mass is 9.81. The van der Waals surface area contributed by atoms with Gasteiger partial charge in [-0.3, -0.25) is 4.79 Å². The van der Waals surface area contributed by atoms with Crippen molar-refractivity contribution in [3.63, 3.8) is 0 Å². The first-order valence-electron chi connectivity index (χ1n) is 6.07. The van der Waals surface area contributed by atoms with Gasteiger partial charge in [-0.1, -0.05) is 13.8 Å². The summed E-state index contributed by atoms with van der Waals surface area (Å²) < 4.78 is 26.8. The van der Waals surface area contributed by atoms with Crippen LogP contribution in [0.1, 0.15) is 26.7 Å². The Morgan fingerprint density at radius 2 is 1.94 bits per heavy atom. The SMILES string of the molecule is CCC1(CC)CNc2c(ccc(F)c2F)NC1=O. The number of carbonyl (C=O) groups excluding carboxylic acids is 1. The van der Waals surface area contributed by atoms with Crippen molar-refractivity contribution in [1.29, 1.82) is 0 Å². The Labute approximate surface area is 105 Å². The average Bonchev–Trinajstić information content (AvgIpc) is 2.51. The van der Waals surface area contributed by atoms with Crippen molar-refractivity contribution >= 4 is 17.3 Å². The van der Waals surface area contributed by atoms with Gasteiger partial charge in [0.05, 0.1) is 16.8 Å². The second-order valence-corrected chi connectivity index (χ2v) is 4.58. The predicted octanol–water partition coefficient (Wildman–Crippen LogP) is 3.14. The van der Waals surface area contributed by atoms with Crippen LogP contribution in [-0.2, 0) is 4.79 Å². The molecule has 0 spiro atoms. The van der Waals surface area contributed by atoms with E-state index in [1.165, 1.54) is 6.07 Å². The molecule has 0 saturated carbocycles. The highest BCUT2D eigenvalue weighted by Gasteiger charge is 2.37. The first kappa shape index (κ1) is 12.8. The summed E-state index contributed by atoms with van der Waals surface area (Å²) in [7, 11) is 0. The number of benzene rings is 1. The molecule has 1 aromatic carbocycles. The van der Waals surface area contributed by atoms with Gasteiger partial charge in [0.15, 0.2) is 11.6 Å². The Morgan fingerprint density at radius 3 is 2.56 bits per heavy atom. The molecule has 0 unspecified atom stereocenters. The molecule has 0 aliphatic carbocycles. The zero-order valence-corrected chi connectivity index (χ0v) is 10.4. The van der Waals surface area contributed by atoms with Crippen molar-refractivity contribution in [2.24, 2.45) is 5.41 Å². The maximum absolute atomic E-state index is 13.7. The van der Waals surface area contributed by atoms with Crippen molar-refractivity contribution in [2.45, 2.75) is 26.7 Å². The van der Waals surface area contributed by atoms with Crippen LogP contribution in [0, 0.1) is 17.0 Å². The zero-order chi connectivity index (χ0) is 13.3. The first-order chi connectivity index (χ1) is 8.54. The summed E-state index contributed by atoms with van der Waals surface area (Å²) in [6, 6.07) is 2.39. The molecule has 1 aliphatic rings. The molecule has 2 rings (SSSR count). The number of anilines is 2. The van der Waals surface area contributed by atoms with Crippen molar-refractivity contribution < 1.29 is 13.6 Å². The van der Waals surface area contributed by atoms with E-state index in [0.717, 1.165) is 6.07 Å². The third kappa shape index (κ3) is 1.83. The Morgan fingerprint density at radius 1 is 1.28 bits per heavy atom. The van der Waals surface area contributed by atoms with Gasteiger partial charge in [0, 0.05) is 6.54 Å². The number of halogens is 2. The summed E-state index contributed by atoms with van der Waals surface area (Å²) in [6.07, 6.45) is 1.28. The standard InChI is InChI=1S/C13H16F2N2O/c1-3-13(4-2)7-16-11-9(17-12(13)18)6-5-8(14)10(11)15/h5-6,16H,3-4,7H2,1-2H3,(H,17,18). The molecular formula is C13H16F2N2O. The Bertz CT molecular complexity index is 484. The van der Waals surface area contributed by atoms with Gasteiger partial charge >= 0.3 is 0 Å². The van der Waals surface area contributed by atoms with Crippen LogP contribution in [-0.4, -0.2) is 12.5 Å². The van der Waals surface area contributed by atoms with E-state index in [1.54, 1.807) is 0 Å². The van der Waals surface area contributed by atoms with E-state index in [-0.39, 0.29) is 11.6 Å². The number of rotatable bonds is 2. The highest BCUT2D eigenvalue weighted by molar-refractivity contribution is 5.99. The minimum Gasteiger partial charge on any atom is -0.380 e. The van der Waals surface area contributed by atoms with E-state index in [4.69, 9.17) is 0 Å². The molecule has 0 bridgehead atoms. The number of fused-ring (bicyclic) bond motifs is 1. The van der Waals surface area contributed by atoms with Gasteiger partial charge in [-0.2, -0.15) is 0 Å². The summed E-state index contributed by atoms with van der Waals surface area (Å²) in [5, 5.41) is 5.53. The molecular weight excluding hydrogens is 238 g/mol. The number of hydrogen-bond donors (Lipinski definition) is 2. The summed E-state index contributed by atoms with van der Waals surface area (Å²) in [4.78, 5) is 12.2. The highest BCUT2D eigenvalue weighted by atomic mass is 19.2. The minimum atomic E-state index is -0.948. The summed E-state index contributed by atoms with van der Waals surface area (Å²) in [5.74, 6) is -2.02. The maximum atomic E-state index is 13.7. The van der Waals surface area contributed by atoms with Crippen molar-refractivity contribution in [1.82, 2.24) is 0 Å². The molecule has 1 amide bonds. The van der Waals surface area contributed by atoms with Gasteiger partial charge in [0.1, 0.15) is 0 Å². The van der Waals surface area contributed by atoms with Crippen LogP contribution < -0.4 is 10.6 Å². The van der Waals surface area contributed by atoms with Crippen LogP contribution in [0.3, 0.4) is 0 Å². The zero-order valence-electron chi connectivity index (χ0n) is 10.4.